The Morgan fingerprint density at radius 2 is 2.12 bits per heavy atom. The van der Waals surface area contributed by atoms with E-state index in [1.165, 1.54) is 24.1 Å². The maximum atomic E-state index is 5.40. The number of anilines is 1. The third kappa shape index (κ3) is 2.27. The molecule has 0 saturated carbocycles. The second kappa shape index (κ2) is 4.61. The predicted molar refractivity (Wildman–Crippen MR) is 66.3 cm³/mol. The molecule has 0 radical (unpaired) electrons. The summed E-state index contributed by atoms with van der Waals surface area (Å²) < 4.78 is 5.40. The number of hydrogen-bond donors (Lipinski definition) is 1. The molecule has 3 rings (SSSR count). The zero-order valence-electron chi connectivity index (χ0n) is 10.3. The van der Waals surface area contributed by atoms with Crippen molar-refractivity contribution in [3.8, 4) is 0 Å². The number of fused-ring (bicyclic) bond motifs is 1. The molecule has 0 spiro atoms. The molecule has 1 saturated heterocycles. The van der Waals surface area contributed by atoms with Gasteiger partial charge in [0.15, 0.2) is 0 Å². The Kier molecular flexibility index (Phi) is 2.97. The molecule has 0 aromatic carbocycles. The highest BCUT2D eigenvalue weighted by atomic mass is 16.5. The first kappa shape index (κ1) is 11.0. The zero-order chi connectivity index (χ0) is 11.7. The second-order valence-corrected chi connectivity index (χ2v) is 4.96. The average molecular weight is 233 g/mol. The smallest absolute Gasteiger partial charge is 0.133 e. The molecule has 0 bridgehead atoms. The van der Waals surface area contributed by atoms with Crippen LogP contribution in [0.4, 0.5) is 5.82 Å². The molecule has 1 aromatic heterocycles. The van der Waals surface area contributed by atoms with Crippen LogP contribution in [-0.4, -0.2) is 29.2 Å². The summed E-state index contributed by atoms with van der Waals surface area (Å²) >= 11 is 0. The van der Waals surface area contributed by atoms with Crippen LogP contribution in [0.1, 0.15) is 36.3 Å². The van der Waals surface area contributed by atoms with Crippen LogP contribution in [0.2, 0.25) is 0 Å². The van der Waals surface area contributed by atoms with Gasteiger partial charge in [-0.2, -0.15) is 0 Å². The van der Waals surface area contributed by atoms with E-state index in [0.29, 0.717) is 6.04 Å². The number of nitrogens with one attached hydrogen (secondary N) is 1. The molecular formula is C13H19N3O. The maximum absolute atomic E-state index is 5.40. The average Bonchev–Trinajstić information content (AvgIpc) is 2.81. The van der Waals surface area contributed by atoms with Gasteiger partial charge in [0.25, 0.3) is 0 Å². The van der Waals surface area contributed by atoms with Crippen LogP contribution in [0.25, 0.3) is 0 Å². The predicted octanol–water partition coefficient (Wildman–Crippen LogP) is 1.86. The highest BCUT2D eigenvalue weighted by Gasteiger charge is 2.21. The Hall–Kier alpha value is -1.16. The van der Waals surface area contributed by atoms with Crippen LogP contribution in [0, 0.1) is 6.92 Å². The number of ether oxygens (including phenoxy) is 1. The lowest BCUT2D eigenvalue weighted by molar-refractivity contribution is 0.195. The van der Waals surface area contributed by atoms with Gasteiger partial charge in [-0.25, -0.2) is 9.97 Å². The number of aromatic nitrogens is 2. The van der Waals surface area contributed by atoms with Gasteiger partial charge in [0.2, 0.25) is 0 Å². The lowest BCUT2D eigenvalue weighted by atomic mass is 9.96. The van der Waals surface area contributed by atoms with E-state index in [9.17, 15) is 0 Å². The molecule has 2 heterocycles. The standard InChI is InChI=1S/C13H19N3O/c1-9-14-12-5-3-2-4-11(12)13(15-9)16-10-6-7-17-8-10/h10H,2-8H2,1H3,(H,14,15,16). The Bertz CT molecular complexity index is 413. The zero-order valence-corrected chi connectivity index (χ0v) is 10.3. The van der Waals surface area contributed by atoms with Crippen molar-refractivity contribution in [2.75, 3.05) is 18.5 Å². The Morgan fingerprint density at radius 1 is 1.24 bits per heavy atom. The van der Waals surface area contributed by atoms with E-state index in [0.717, 1.165) is 44.1 Å². The number of aryl methyl sites for hydroxylation is 2. The molecular weight excluding hydrogens is 214 g/mol. The molecule has 1 atom stereocenters. The van der Waals surface area contributed by atoms with Crippen molar-refractivity contribution < 1.29 is 4.74 Å². The third-order valence-corrected chi connectivity index (χ3v) is 3.57. The summed E-state index contributed by atoms with van der Waals surface area (Å²) in [6.45, 7) is 3.65. The van der Waals surface area contributed by atoms with Crippen LogP contribution >= 0.6 is 0 Å². The van der Waals surface area contributed by atoms with E-state index in [2.05, 4.69) is 15.3 Å². The highest BCUT2D eigenvalue weighted by molar-refractivity contribution is 5.48. The van der Waals surface area contributed by atoms with Crippen LogP contribution in [0.15, 0.2) is 0 Å². The van der Waals surface area contributed by atoms with Gasteiger partial charge in [0, 0.05) is 17.9 Å². The first-order valence-electron chi connectivity index (χ1n) is 6.53. The van der Waals surface area contributed by atoms with Gasteiger partial charge >= 0.3 is 0 Å². The van der Waals surface area contributed by atoms with Gasteiger partial charge < -0.3 is 10.1 Å². The summed E-state index contributed by atoms with van der Waals surface area (Å²) in [7, 11) is 0. The molecule has 1 aliphatic carbocycles. The largest absolute Gasteiger partial charge is 0.379 e. The number of rotatable bonds is 2. The van der Waals surface area contributed by atoms with E-state index in [1.54, 1.807) is 0 Å². The van der Waals surface area contributed by atoms with E-state index >= 15 is 0 Å². The summed E-state index contributed by atoms with van der Waals surface area (Å²) in [4.78, 5) is 9.14. The monoisotopic (exact) mass is 233 g/mol. The summed E-state index contributed by atoms with van der Waals surface area (Å²) in [5.41, 5.74) is 2.60. The van der Waals surface area contributed by atoms with Crippen molar-refractivity contribution in [2.24, 2.45) is 0 Å². The molecule has 1 N–H and O–H groups in total. The van der Waals surface area contributed by atoms with Gasteiger partial charge in [-0.05, 0) is 39.0 Å². The fourth-order valence-corrected chi connectivity index (χ4v) is 2.68. The summed E-state index contributed by atoms with van der Waals surface area (Å²) in [5.74, 6) is 1.94. The Morgan fingerprint density at radius 3 is 2.94 bits per heavy atom. The van der Waals surface area contributed by atoms with Crippen LogP contribution in [0.5, 0.6) is 0 Å². The Labute approximate surface area is 102 Å². The Balaban J connectivity index is 1.88. The van der Waals surface area contributed by atoms with E-state index in [4.69, 9.17) is 4.74 Å². The summed E-state index contributed by atoms with van der Waals surface area (Å²) in [6.07, 6.45) is 5.82. The van der Waals surface area contributed by atoms with Crippen molar-refractivity contribution in [1.29, 1.82) is 0 Å². The van der Waals surface area contributed by atoms with Crippen LogP contribution in [0.3, 0.4) is 0 Å². The maximum Gasteiger partial charge on any atom is 0.133 e. The third-order valence-electron chi connectivity index (χ3n) is 3.57. The number of nitrogens with zero attached hydrogens (tertiary/aromatic N) is 2. The molecule has 4 heteroatoms. The molecule has 1 aliphatic heterocycles. The summed E-state index contributed by atoms with van der Waals surface area (Å²) in [6, 6.07) is 0.426. The van der Waals surface area contributed by atoms with E-state index in [1.807, 2.05) is 6.92 Å². The van der Waals surface area contributed by atoms with Gasteiger partial charge in [0.1, 0.15) is 11.6 Å². The number of hydrogen-bond acceptors (Lipinski definition) is 4. The molecule has 1 fully saturated rings. The fraction of sp³-hybridized carbons (Fsp3) is 0.692. The van der Waals surface area contributed by atoms with E-state index in [-0.39, 0.29) is 0 Å². The SMILES string of the molecule is Cc1nc2c(c(NC3CCOC3)n1)CCCC2. The summed E-state index contributed by atoms with van der Waals surface area (Å²) in [5, 5.41) is 3.53. The molecule has 17 heavy (non-hydrogen) atoms. The van der Waals surface area contributed by atoms with Crippen molar-refractivity contribution in [3.63, 3.8) is 0 Å². The van der Waals surface area contributed by atoms with Gasteiger partial charge in [-0.1, -0.05) is 0 Å². The first-order valence-corrected chi connectivity index (χ1v) is 6.53. The molecule has 1 unspecified atom stereocenters. The quantitative estimate of drug-likeness (QED) is 0.847. The van der Waals surface area contributed by atoms with Crippen LogP contribution < -0.4 is 5.32 Å². The minimum Gasteiger partial charge on any atom is -0.379 e. The van der Waals surface area contributed by atoms with Crippen molar-refractivity contribution in [2.45, 2.75) is 45.1 Å². The lowest BCUT2D eigenvalue weighted by Gasteiger charge is -2.21. The molecule has 1 aromatic rings. The lowest BCUT2D eigenvalue weighted by Crippen LogP contribution is -2.23. The van der Waals surface area contributed by atoms with E-state index < -0.39 is 0 Å². The minimum absolute atomic E-state index is 0.426. The topological polar surface area (TPSA) is 47.0 Å². The first-order chi connectivity index (χ1) is 8.33. The van der Waals surface area contributed by atoms with Crippen molar-refractivity contribution in [3.05, 3.63) is 17.1 Å². The second-order valence-electron chi connectivity index (χ2n) is 4.96. The van der Waals surface area contributed by atoms with Gasteiger partial charge in [-0.15, -0.1) is 0 Å². The van der Waals surface area contributed by atoms with Gasteiger partial charge in [0.05, 0.1) is 12.6 Å². The van der Waals surface area contributed by atoms with Crippen molar-refractivity contribution >= 4 is 5.82 Å². The molecule has 92 valence electrons. The van der Waals surface area contributed by atoms with Gasteiger partial charge in [-0.3, -0.25) is 0 Å². The molecule has 2 aliphatic rings. The molecule has 0 amide bonds. The minimum atomic E-state index is 0.426. The van der Waals surface area contributed by atoms with Crippen LogP contribution in [-0.2, 0) is 17.6 Å². The van der Waals surface area contributed by atoms with Crippen molar-refractivity contribution in [1.82, 2.24) is 9.97 Å². The highest BCUT2D eigenvalue weighted by Crippen LogP contribution is 2.26. The molecule has 4 nitrogen and oxygen atoms in total. The fourth-order valence-electron chi connectivity index (χ4n) is 2.68. The normalized spacial score (nSPS) is 23.5.